The molecule has 33 heavy (non-hydrogen) atoms. The molecule has 3 aromatic rings. The summed E-state index contributed by atoms with van der Waals surface area (Å²) >= 11 is 3.09. The summed E-state index contributed by atoms with van der Waals surface area (Å²) in [5, 5.41) is 0. The van der Waals surface area contributed by atoms with E-state index in [9.17, 15) is 22.4 Å². The third-order valence-corrected chi connectivity index (χ3v) is 5.76. The van der Waals surface area contributed by atoms with Gasteiger partial charge < -0.3 is 9.47 Å². The standard InChI is InChI=1S/C22H18BrF4N3O3/c23-19-21(33-12-13-4-5-14(24)10-17(13)27)28-18(11-29-6-8-32-9-7-29)30(22(19)31)20-15(25)2-1-3-16(20)26/h1-5,10H,6-9,11-12H2. The van der Waals surface area contributed by atoms with Crippen LogP contribution in [-0.4, -0.2) is 40.8 Å². The van der Waals surface area contributed by atoms with Gasteiger partial charge in [0.1, 0.15) is 45.9 Å². The van der Waals surface area contributed by atoms with Crippen molar-refractivity contribution in [1.29, 1.82) is 0 Å². The highest BCUT2D eigenvalue weighted by Gasteiger charge is 2.24. The number of hydrogen-bond acceptors (Lipinski definition) is 5. The molecule has 2 aromatic carbocycles. The second-order valence-corrected chi connectivity index (χ2v) is 8.06. The van der Waals surface area contributed by atoms with Gasteiger partial charge in [0.2, 0.25) is 5.88 Å². The van der Waals surface area contributed by atoms with E-state index in [1.807, 2.05) is 4.90 Å². The smallest absolute Gasteiger partial charge is 0.276 e. The van der Waals surface area contributed by atoms with Crippen LogP contribution in [0.2, 0.25) is 0 Å². The lowest BCUT2D eigenvalue weighted by Crippen LogP contribution is -2.38. The van der Waals surface area contributed by atoms with Crippen LogP contribution in [-0.2, 0) is 17.9 Å². The maximum absolute atomic E-state index is 14.6. The van der Waals surface area contributed by atoms with Gasteiger partial charge in [0.25, 0.3) is 5.56 Å². The summed E-state index contributed by atoms with van der Waals surface area (Å²) in [5.74, 6) is -3.57. The Morgan fingerprint density at radius 2 is 1.73 bits per heavy atom. The fourth-order valence-corrected chi connectivity index (χ4v) is 3.78. The number of morpholine rings is 1. The monoisotopic (exact) mass is 527 g/mol. The predicted molar refractivity (Wildman–Crippen MR) is 114 cm³/mol. The van der Waals surface area contributed by atoms with Gasteiger partial charge in [0.05, 0.1) is 19.8 Å². The summed E-state index contributed by atoms with van der Waals surface area (Å²) in [6, 6.07) is 6.27. The van der Waals surface area contributed by atoms with Gasteiger partial charge in [0.15, 0.2) is 0 Å². The number of halogens is 5. The molecule has 0 N–H and O–H groups in total. The van der Waals surface area contributed by atoms with E-state index in [0.29, 0.717) is 32.4 Å². The maximum Gasteiger partial charge on any atom is 0.276 e. The van der Waals surface area contributed by atoms with Gasteiger partial charge >= 0.3 is 0 Å². The zero-order valence-corrected chi connectivity index (χ0v) is 18.7. The van der Waals surface area contributed by atoms with Crippen LogP contribution in [0.25, 0.3) is 5.69 Å². The lowest BCUT2D eigenvalue weighted by atomic mass is 10.2. The first-order chi connectivity index (χ1) is 15.8. The molecule has 0 unspecified atom stereocenters. The first kappa shape index (κ1) is 23.4. The SMILES string of the molecule is O=c1c(Br)c(OCc2ccc(F)cc2F)nc(CN2CCOCC2)n1-c1c(F)cccc1F. The van der Waals surface area contributed by atoms with Crippen molar-refractivity contribution in [3.05, 3.63) is 85.9 Å². The van der Waals surface area contributed by atoms with Gasteiger partial charge in [-0.1, -0.05) is 6.07 Å². The van der Waals surface area contributed by atoms with E-state index >= 15 is 0 Å². The van der Waals surface area contributed by atoms with Gasteiger partial charge in [-0.25, -0.2) is 17.6 Å². The molecule has 0 atom stereocenters. The molecule has 0 amide bonds. The predicted octanol–water partition coefficient (Wildman–Crippen LogP) is 3.96. The van der Waals surface area contributed by atoms with Crippen molar-refractivity contribution < 1.29 is 27.0 Å². The normalized spacial score (nSPS) is 14.5. The number of benzene rings is 2. The van der Waals surface area contributed by atoms with Crippen molar-refractivity contribution in [2.75, 3.05) is 26.3 Å². The molecule has 4 rings (SSSR count). The summed E-state index contributed by atoms with van der Waals surface area (Å²) in [6.45, 7) is 1.72. The van der Waals surface area contributed by atoms with E-state index in [2.05, 4.69) is 20.9 Å². The largest absolute Gasteiger partial charge is 0.472 e. The van der Waals surface area contributed by atoms with Crippen molar-refractivity contribution in [3.8, 4) is 11.6 Å². The summed E-state index contributed by atoms with van der Waals surface area (Å²) < 4.78 is 67.8. The van der Waals surface area contributed by atoms with Crippen LogP contribution in [0, 0.1) is 23.3 Å². The van der Waals surface area contributed by atoms with Gasteiger partial charge in [-0.2, -0.15) is 4.98 Å². The Morgan fingerprint density at radius 1 is 1.03 bits per heavy atom. The molecule has 6 nitrogen and oxygen atoms in total. The molecule has 0 spiro atoms. The molecule has 1 aliphatic rings. The first-order valence-electron chi connectivity index (χ1n) is 9.98. The van der Waals surface area contributed by atoms with E-state index in [4.69, 9.17) is 9.47 Å². The molecule has 0 bridgehead atoms. The van der Waals surface area contributed by atoms with E-state index < -0.39 is 34.5 Å². The fourth-order valence-electron chi connectivity index (χ4n) is 3.40. The molecule has 11 heteroatoms. The van der Waals surface area contributed by atoms with Crippen molar-refractivity contribution in [1.82, 2.24) is 14.5 Å². The Morgan fingerprint density at radius 3 is 2.39 bits per heavy atom. The Bertz CT molecular complexity index is 1210. The Labute approximate surface area is 194 Å². The van der Waals surface area contributed by atoms with Crippen LogP contribution in [0.4, 0.5) is 17.6 Å². The lowest BCUT2D eigenvalue weighted by Gasteiger charge is -2.27. The molecule has 174 valence electrons. The Balaban J connectivity index is 1.76. The zero-order chi connectivity index (χ0) is 23.5. The number of para-hydroxylation sites is 1. The highest BCUT2D eigenvalue weighted by atomic mass is 79.9. The minimum absolute atomic E-state index is 0.0312. The summed E-state index contributed by atoms with van der Waals surface area (Å²) in [4.78, 5) is 19.4. The quantitative estimate of drug-likeness (QED) is 0.454. The summed E-state index contributed by atoms with van der Waals surface area (Å²) in [6.07, 6.45) is 0. The summed E-state index contributed by atoms with van der Waals surface area (Å²) in [7, 11) is 0. The number of rotatable bonds is 6. The number of ether oxygens (including phenoxy) is 2. The van der Waals surface area contributed by atoms with E-state index in [0.717, 1.165) is 22.8 Å². The average molecular weight is 528 g/mol. The van der Waals surface area contributed by atoms with Crippen LogP contribution in [0.1, 0.15) is 11.4 Å². The minimum Gasteiger partial charge on any atom is -0.472 e. The molecule has 1 saturated heterocycles. The Kier molecular flexibility index (Phi) is 7.11. The molecule has 0 saturated carbocycles. The molecule has 1 aliphatic heterocycles. The van der Waals surface area contributed by atoms with Crippen LogP contribution < -0.4 is 10.3 Å². The fraction of sp³-hybridized carbons (Fsp3) is 0.273. The van der Waals surface area contributed by atoms with E-state index in [-0.39, 0.29) is 34.9 Å². The van der Waals surface area contributed by atoms with Crippen LogP contribution >= 0.6 is 15.9 Å². The van der Waals surface area contributed by atoms with Crippen LogP contribution in [0.5, 0.6) is 5.88 Å². The van der Waals surface area contributed by atoms with Crippen molar-refractivity contribution in [2.24, 2.45) is 0 Å². The highest BCUT2D eigenvalue weighted by Crippen LogP contribution is 2.25. The molecular formula is C22H18BrF4N3O3. The number of aromatic nitrogens is 2. The average Bonchev–Trinajstić information content (AvgIpc) is 2.78. The van der Waals surface area contributed by atoms with E-state index in [1.165, 1.54) is 12.1 Å². The molecule has 2 heterocycles. The topological polar surface area (TPSA) is 56.6 Å². The summed E-state index contributed by atoms with van der Waals surface area (Å²) in [5.41, 5.74) is -1.31. The number of hydrogen-bond donors (Lipinski definition) is 0. The third-order valence-electron chi connectivity index (χ3n) is 5.08. The van der Waals surface area contributed by atoms with Crippen molar-refractivity contribution in [3.63, 3.8) is 0 Å². The van der Waals surface area contributed by atoms with Crippen LogP contribution in [0.15, 0.2) is 45.7 Å². The van der Waals surface area contributed by atoms with Crippen molar-refractivity contribution >= 4 is 15.9 Å². The molecule has 0 radical (unpaired) electrons. The molecular weight excluding hydrogens is 510 g/mol. The molecule has 1 aromatic heterocycles. The van der Waals surface area contributed by atoms with Gasteiger partial charge in [-0.15, -0.1) is 0 Å². The van der Waals surface area contributed by atoms with Gasteiger partial charge in [-0.05, 0) is 40.2 Å². The lowest BCUT2D eigenvalue weighted by molar-refractivity contribution is 0.0325. The van der Waals surface area contributed by atoms with Gasteiger partial charge in [-0.3, -0.25) is 14.3 Å². The first-order valence-corrected chi connectivity index (χ1v) is 10.8. The number of nitrogens with zero attached hydrogens (tertiary/aromatic N) is 3. The third kappa shape index (κ3) is 5.10. The minimum atomic E-state index is -0.934. The second-order valence-electron chi connectivity index (χ2n) is 7.27. The maximum atomic E-state index is 14.6. The molecule has 0 aliphatic carbocycles. The van der Waals surface area contributed by atoms with E-state index in [1.54, 1.807) is 0 Å². The van der Waals surface area contributed by atoms with Gasteiger partial charge in [0, 0.05) is 24.7 Å². The molecule has 1 fully saturated rings. The van der Waals surface area contributed by atoms with Crippen molar-refractivity contribution in [2.45, 2.75) is 13.2 Å². The van der Waals surface area contributed by atoms with Crippen LogP contribution in [0.3, 0.4) is 0 Å². The Hall–Kier alpha value is -2.76. The zero-order valence-electron chi connectivity index (χ0n) is 17.2. The second kappa shape index (κ2) is 10.0. The highest BCUT2D eigenvalue weighted by molar-refractivity contribution is 9.10.